The SMILES string of the molecule is CNCC1CCOC1c1ccc(F)c(F)c1. The zero-order chi connectivity index (χ0) is 11.5. The molecule has 1 aliphatic heterocycles. The van der Waals surface area contributed by atoms with Crippen LogP contribution in [0.3, 0.4) is 0 Å². The number of halogens is 2. The lowest BCUT2D eigenvalue weighted by atomic mass is 9.95. The van der Waals surface area contributed by atoms with Crippen molar-refractivity contribution in [3.05, 3.63) is 35.4 Å². The molecular formula is C12H15F2NO. The van der Waals surface area contributed by atoms with Crippen LogP contribution in [-0.2, 0) is 4.74 Å². The lowest BCUT2D eigenvalue weighted by molar-refractivity contribution is 0.0906. The summed E-state index contributed by atoms with van der Waals surface area (Å²) >= 11 is 0. The molecule has 0 radical (unpaired) electrons. The van der Waals surface area contributed by atoms with Gasteiger partial charge in [-0.15, -0.1) is 0 Å². The monoisotopic (exact) mass is 227 g/mol. The molecule has 1 fully saturated rings. The van der Waals surface area contributed by atoms with Crippen molar-refractivity contribution < 1.29 is 13.5 Å². The van der Waals surface area contributed by atoms with Gasteiger partial charge in [0.1, 0.15) is 0 Å². The first kappa shape index (κ1) is 11.5. The van der Waals surface area contributed by atoms with Crippen molar-refractivity contribution in [1.82, 2.24) is 5.32 Å². The minimum Gasteiger partial charge on any atom is -0.373 e. The molecule has 1 aliphatic rings. The van der Waals surface area contributed by atoms with E-state index in [1.165, 1.54) is 6.07 Å². The molecule has 0 saturated carbocycles. The fourth-order valence-corrected chi connectivity index (χ4v) is 2.16. The van der Waals surface area contributed by atoms with E-state index in [1.807, 2.05) is 7.05 Å². The summed E-state index contributed by atoms with van der Waals surface area (Å²) in [4.78, 5) is 0. The fraction of sp³-hybridized carbons (Fsp3) is 0.500. The Hall–Kier alpha value is -1.00. The summed E-state index contributed by atoms with van der Waals surface area (Å²) in [6.45, 7) is 1.50. The summed E-state index contributed by atoms with van der Waals surface area (Å²) in [6.07, 6.45) is 0.826. The summed E-state index contributed by atoms with van der Waals surface area (Å²) in [6, 6.07) is 3.98. The van der Waals surface area contributed by atoms with Gasteiger partial charge in [0.15, 0.2) is 11.6 Å². The zero-order valence-electron chi connectivity index (χ0n) is 9.17. The summed E-state index contributed by atoms with van der Waals surface area (Å²) < 4.78 is 31.5. The molecule has 88 valence electrons. The first-order chi connectivity index (χ1) is 7.72. The number of hydrogen-bond acceptors (Lipinski definition) is 2. The Kier molecular flexibility index (Phi) is 3.51. The van der Waals surface area contributed by atoms with Gasteiger partial charge in [-0.2, -0.15) is 0 Å². The molecule has 2 atom stereocenters. The highest BCUT2D eigenvalue weighted by atomic mass is 19.2. The van der Waals surface area contributed by atoms with Gasteiger partial charge in [0.2, 0.25) is 0 Å². The van der Waals surface area contributed by atoms with Gasteiger partial charge in [0.25, 0.3) is 0 Å². The molecule has 2 rings (SSSR count). The maximum atomic E-state index is 13.1. The highest BCUT2D eigenvalue weighted by Crippen LogP contribution is 2.34. The van der Waals surface area contributed by atoms with E-state index in [-0.39, 0.29) is 6.10 Å². The van der Waals surface area contributed by atoms with E-state index in [4.69, 9.17) is 4.74 Å². The van der Waals surface area contributed by atoms with Gasteiger partial charge in [-0.25, -0.2) is 8.78 Å². The second kappa shape index (κ2) is 4.89. The van der Waals surface area contributed by atoms with Crippen LogP contribution in [0.5, 0.6) is 0 Å². The molecule has 0 aliphatic carbocycles. The average molecular weight is 227 g/mol. The van der Waals surface area contributed by atoms with Crippen molar-refractivity contribution >= 4 is 0 Å². The normalized spacial score (nSPS) is 24.9. The van der Waals surface area contributed by atoms with Crippen molar-refractivity contribution in [3.8, 4) is 0 Å². The maximum absolute atomic E-state index is 13.1. The topological polar surface area (TPSA) is 21.3 Å². The van der Waals surface area contributed by atoms with Crippen LogP contribution in [0.15, 0.2) is 18.2 Å². The third-order valence-corrected chi connectivity index (χ3v) is 2.95. The van der Waals surface area contributed by atoms with Crippen molar-refractivity contribution in [2.45, 2.75) is 12.5 Å². The summed E-state index contributed by atoms with van der Waals surface area (Å²) in [5.41, 5.74) is 0.719. The minimum atomic E-state index is -0.813. The Bertz CT molecular complexity index is 370. The molecule has 2 nitrogen and oxygen atoms in total. The molecule has 1 aromatic rings. The Labute approximate surface area is 93.6 Å². The van der Waals surface area contributed by atoms with Crippen molar-refractivity contribution in [2.24, 2.45) is 5.92 Å². The van der Waals surface area contributed by atoms with E-state index in [2.05, 4.69) is 5.32 Å². The van der Waals surface area contributed by atoms with Crippen LogP contribution >= 0.6 is 0 Å². The minimum absolute atomic E-state index is 0.123. The van der Waals surface area contributed by atoms with Gasteiger partial charge >= 0.3 is 0 Å². The zero-order valence-corrected chi connectivity index (χ0v) is 9.17. The predicted octanol–water partition coefficient (Wildman–Crippen LogP) is 2.26. The van der Waals surface area contributed by atoms with Gasteiger partial charge in [-0.3, -0.25) is 0 Å². The molecule has 1 saturated heterocycles. The van der Waals surface area contributed by atoms with E-state index in [0.717, 1.165) is 24.6 Å². The molecule has 1 heterocycles. The lowest BCUT2D eigenvalue weighted by Gasteiger charge is -2.18. The third-order valence-electron chi connectivity index (χ3n) is 2.95. The molecule has 0 spiro atoms. The highest BCUT2D eigenvalue weighted by Gasteiger charge is 2.29. The Morgan fingerprint density at radius 1 is 1.38 bits per heavy atom. The second-order valence-electron chi connectivity index (χ2n) is 4.07. The Morgan fingerprint density at radius 2 is 2.19 bits per heavy atom. The molecule has 4 heteroatoms. The van der Waals surface area contributed by atoms with Gasteiger partial charge < -0.3 is 10.1 Å². The lowest BCUT2D eigenvalue weighted by Crippen LogP contribution is -2.21. The second-order valence-corrected chi connectivity index (χ2v) is 4.07. The number of ether oxygens (including phenoxy) is 1. The van der Waals surface area contributed by atoms with Crippen LogP contribution in [0, 0.1) is 17.6 Å². The standard InChI is InChI=1S/C12H15F2NO/c1-15-7-9-4-5-16-12(9)8-2-3-10(13)11(14)6-8/h2-3,6,9,12,15H,4-5,7H2,1H3. The third kappa shape index (κ3) is 2.23. The predicted molar refractivity (Wildman–Crippen MR) is 57.1 cm³/mol. The fourth-order valence-electron chi connectivity index (χ4n) is 2.16. The van der Waals surface area contributed by atoms with E-state index >= 15 is 0 Å². The van der Waals surface area contributed by atoms with Crippen LogP contribution in [-0.4, -0.2) is 20.2 Å². The highest BCUT2D eigenvalue weighted by molar-refractivity contribution is 5.21. The van der Waals surface area contributed by atoms with Crippen LogP contribution in [0.4, 0.5) is 8.78 Å². The number of hydrogen-bond donors (Lipinski definition) is 1. The summed E-state index contributed by atoms with van der Waals surface area (Å²) in [5.74, 6) is -1.29. The first-order valence-electron chi connectivity index (χ1n) is 5.43. The first-order valence-corrected chi connectivity index (χ1v) is 5.43. The number of rotatable bonds is 3. The molecule has 0 aromatic heterocycles. The molecule has 0 bridgehead atoms. The smallest absolute Gasteiger partial charge is 0.159 e. The molecular weight excluding hydrogens is 212 g/mol. The Balaban J connectivity index is 2.19. The molecule has 0 amide bonds. The molecule has 16 heavy (non-hydrogen) atoms. The number of nitrogens with one attached hydrogen (secondary N) is 1. The largest absolute Gasteiger partial charge is 0.373 e. The quantitative estimate of drug-likeness (QED) is 0.855. The van der Waals surface area contributed by atoms with E-state index in [1.54, 1.807) is 6.07 Å². The van der Waals surface area contributed by atoms with Crippen molar-refractivity contribution in [1.29, 1.82) is 0 Å². The van der Waals surface area contributed by atoms with Crippen LogP contribution in [0.2, 0.25) is 0 Å². The maximum Gasteiger partial charge on any atom is 0.159 e. The summed E-state index contributed by atoms with van der Waals surface area (Å²) in [5, 5.41) is 3.09. The summed E-state index contributed by atoms with van der Waals surface area (Å²) in [7, 11) is 1.88. The van der Waals surface area contributed by atoms with Gasteiger partial charge in [0, 0.05) is 19.1 Å². The molecule has 1 aromatic carbocycles. The van der Waals surface area contributed by atoms with E-state index < -0.39 is 11.6 Å². The van der Waals surface area contributed by atoms with Crippen molar-refractivity contribution in [3.63, 3.8) is 0 Å². The van der Waals surface area contributed by atoms with Crippen LogP contribution in [0.25, 0.3) is 0 Å². The van der Waals surface area contributed by atoms with Crippen LogP contribution in [0.1, 0.15) is 18.1 Å². The van der Waals surface area contributed by atoms with Gasteiger partial charge in [-0.05, 0) is 31.2 Å². The molecule has 1 N–H and O–H groups in total. The van der Waals surface area contributed by atoms with Gasteiger partial charge in [-0.1, -0.05) is 6.07 Å². The van der Waals surface area contributed by atoms with Gasteiger partial charge in [0.05, 0.1) is 6.10 Å². The van der Waals surface area contributed by atoms with Crippen molar-refractivity contribution in [2.75, 3.05) is 20.2 Å². The average Bonchev–Trinajstić information content (AvgIpc) is 2.71. The van der Waals surface area contributed by atoms with E-state index in [0.29, 0.717) is 12.5 Å². The molecule has 2 unspecified atom stereocenters. The number of benzene rings is 1. The Morgan fingerprint density at radius 3 is 2.88 bits per heavy atom. The van der Waals surface area contributed by atoms with Crippen LogP contribution < -0.4 is 5.32 Å². The van der Waals surface area contributed by atoms with E-state index in [9.17, 15) is 8.78 Å².